The van der Waals surface area contributed by atoms with Gasteiger partial charge in [-0.2, -0.15) is 0 Å². The highest BCUT2D eigenvalue weighted by molar-refractivity contribution is 5.46. The molecular weight excluding hydrogens is 309 g/mol. The molecule has 5 heteroatoms. The number of hydrogen-bond donors (Lipinski definition) is 1. The molecule has 2 atom stereocenters. The molecule has 0 saturated carbocycles. The highest BCUT2D eigenvalue weighted by Crippen LogP contribution is 2.36. The molecule has 4 rings (SSSR count). The number of benzene rings is 2. The van der Waals surface area contributed by atoms with E-state index in [1.54, 1.807) is 30.3 Å². The summed E-state index contributed by atoms with van der Waals surface area (Å²) in [5, 5.41) is 3.29. The van der Waals surface area contributed by atoms with Crippen molar-refractivity contribution < 1.29 is 22.7 Å². The maximum Gasteiger partial charge on any atom is 0.231 e. The Labute approximate surface area is 144 Å². The van der Waals surface area contributed by atoms with Gasteiger partial charge >= 0.3 is 0 Å². The zero-order chi connectivity index (χ0) is 19.1. The maximum absolute atomic E-state index is 13.3. The van der Waals surface area contributed by atoms with Gasteiger partial charge in [0.05, 0.1) is 6.61 Å². The fourth-order valence-electron chi connectivity index (χ4n) is 3.08. The van der Waals surface area contributed by atoms with E-state index in [2.05, 4.69) is 5.32 Å². The molecule has 1 unspecified atom stereocenters. The molecule has 0 amide bonds. The molecule has 1 N–H and O–H groups in total. The normalized spacial score (nSPS) is 29.4. The fraction of sp³-hybridized carbons (Fsp3) is 0.368. The Morgan fingerprint density at radius 1 is 1.21 bits per heavy atom. The average Bonchev–Trinajstić information content (AvgIpc) is 2.94. The van der Waals surface area contributed by atoms with Gasteiger partial charge in [0.2, 0.25) is 6.75 Å². The van der Waals surface area contributed by atoms with Gasteiger partial charge in [-0.1, -0.05) is 12.1 Å². The maximum atomic E-state index is 13.3. The highest BCUT2D eigenvalue weighted by atomic mass is 19.1. The summed E-state index contributed by atoms with van der Waals surface area (Å²) in [5.74, 6) is -0.185. The summed E-state index contributed by atoms with van der Waals surface area (Å²) >= 11 is 0. The molecule has 0 spiro atoms. The van der Waals surface area contributed by atoms with E-state index in [-0.39, 0.29) is 17.5 Å². The quantitative estimate of drug-likeness (QED) is 0.932. The Balaban J connectivity index is 1.49. The van der Waals surface area contributed by atoms with E-state index in [1.807, 2.05) is 0 Å². The molecule has 24 heavy (non-hydrogen) atoms. The van der Waals surface area contributed by atoms with Crippen molar-refractivity contribution in [1.29, 1.82) is 0 Å². The van der Waals surface area contributed by atoms with Crippen molar-refractivity contribution in [2.75, 3.05) is 26.4 Å². The van der Waals surface area contributed by atoms with Crippen molar-refractivity contribution >= 4 is 0 Å². The van der Waals surface area contributed by atoms with Gasteiger partial charge in [0.1, 0.15) is 14.3 Å². The topological polar surface area (TPSA) is 39.7 Å². The SMILES string of the molecule is [2H]C1([2H])Oc2ccc(OCC3CNCC[C@@]3([2H])c3ccc(F)cc3)cc2O1. The molecule has 2 aliphatic rings. The zero-order valence-corrected chi connectivity index (χ0v) is 13.0. The summed E-state index contributed by atoms with van der Waals surface area (Å²) < 4.78 is 53.2. The van der Waals surface area contributed by atoms with Crippen LogP contribution in [0.1, 0.15) is 22.0 Å². The predicted molar refractivity (Wildman–Crippen MR) is 88.2 cm³/mol. The molecule has 4 nitrogen and oxygen atoms in total. The molecule has 1 saturated heterocycles. The third-order valence-corrected chi connectivity index (χ3v) is 4.34. The number of piperidine rings is 1. The average molecular weight is 332 g/mol. The Hall–Kier alpha value is -2.27. The van der Waals surface area contributed by atoms with Gasteiger partial charge in [0, 0.05) is 19.9 Å². The Bertz CT molecular complexity index is 833. The van der Waals surface area contributed by atoms with Gasteiger partial charge in [0.25, 0.3) is 0 Å². The summed E-state index contributed by atoms with van der Waals surface area (Å²) in [4.78, 5) is 0. The van der Waals surface area contributed by atoms with Gasteiger partial charge in [-0.05, 0) is 48.7 Å². The van der Waals surface area contributed by atoms with E-state index in [9.17, 15) is 4.39 Å². The number of rotatable bonds is 4. The molecule has 126 valence electrons. The van der Waals surface area contributed by atoms with Crippen LogP contribution in [0.15, 0.2) is 42.5 Å². The van der Waals surface area contributed by atoms with Crippen molar-refractivity contribution in [3.63, 3.8) is 0 Å². The fourth-order valence-corrected chi connectivity index (χ4v) is 3.08. The molecule has 0 aliphatic carbocycles. The lowest BCUT2D eigenvalue weighted by molar-refractivity contribution is 0.173. The van der Waals surface area contributed by atoms with Crippen molar-refractivity contribution in [1.82, 2.24) is 5.32 Å². The number of hydrogen-bond acceptors (Lipinski definition) is 4. The summed E-state index contributed by atoms with van der Waals surface area (Å²) in [6.45, 7) is -0.544. The second kappa shape index (κ2) is 6.69. The minimum absolute atomic E-state index is 0.131. The largest absolute Gasteiger partial charge is 0.493 e. The predicted octanol–water partition coefficient (Wildman–Crippen LogP) is 3.33. The van der Waals surface area contributed by atoms with Crippen LogP contribution in [0.2, 0.25) is 0 Å². The first-order valence-corrected chi connectivity index (χ1v) is 7.97. The first-order valence-electron chi connectivity index (χ1n) is 9.47. The van der Waals surface area contributed by atoms with Crippen LogP contribution < -0.4 is 19.5 Å². The molecule has 2 aliphatic heterocycles. The molecule has 2 heterocycles. The monoisotopic (exact) mass is 332 g/mol. The van der Waals surface area contributed by atoms with Crippen molar-refractivity contribution in [2.24, 2.45) is 5.92 Å². The third kappa shape index (κ3) is 3.17. The third-order valence-electron chi connectivity index (χ3n) is 4.34. The van der Waals surface area contributed by atoms with E-state index in [0.29, 0.717) is 31.1 Å². The van der Waals surface area contributed by atoms with E-state index in [0.717, 1.165) is 12.1 Å². The van der Waals surface area contributed by atoms with E-state index in [4.69, 9.17) is 18.3 Å². The number of nitrogens with one attached hydrogen (secondary N) is 1. The van der Waals surface area contributed by atoms with E-state index < -0.39 is 12.6 Å². The molecule has 0 aromatic heterocycles. The number of ether oxygens (including phenoxy) is 3. The molecule has 0 radical (unpaired) electrons. The van der Waals surface area contributed by atoms with Gasteiger partial charge in [-0.15, -0.1) is 0 Å². The lowest BCUT2D eigenvalue weighted by atomic mass is 9.81. The first-order chi connectivity index (χ1) is 12.9. The van der Waals surface area contributed by atoms with Crippen LogP contribution >= 0.6 is 0 Å². The zero-order valence-electron chi connectivity index (χ0n) is 16.0. The van der Waals surface area contributed by atoms with Crippen LogP contribution in [0.4, 0.5) is 4.39 Å². The summed E-state index contributed by atoms with van der Waals surface area (Å²) in [6, 6.07) is 11.0. The minimum atomic E-state index is -2.17. The Morgan fingerprint density at radius 2 is 2.04 bits per heavy atom. The summed E-state index contributed by atoms with van der Waals surface area (Å²) in [7, 11) is 0. The van der Waals surface area contributed by atoms with Crippen molar-refractivity contribution in [3.05, 3.63) is 53.8 Å². The van der Waals surface area contributed by atoms with Gasteiger partial charge < -0.3 is 19.5 Å². The van der Waals surface area contributed by atoms with Gasteiger partial charge in [0.15, 0.2) is 11.5 Å². The van der Waals surface area contributed by atoms with Crippen LogP contribution in [0, 0.1) is 11.7 Å². The molecule has 1 fully saturated rings. The van der Waals surface area contributed by atoms with E-state index >= 15 is 0 Å². The number of fused-ring (bicyclic) bond motifs is 1. The van der Waals surface area contributed by atoms with Crippen LogP contribution in [-0.4, -0.2) is 26.4 Å². The standard InChI is InChI=1S/C19H20FNO3/c20-15-3-1-13(2-4-15)17-7-8-21-10-14(17)11-22-16-5-6-18-19(9-16)24-12-23-18/h1-6,9,14,17,21H,7-8,10-12H2/t14?,17-/m0/s1/i12D2,17D. The first kappa shape index (κ1) is 12.1. The van der Waals surface area contributed by atoms with Gasteiger partial charge in [-0.25, -0.2) is 4.39 Å². The molecule has 0 bridgehead atoms. The second-order valence-corrected chi connectivity index (χ2v) is 5.89. The number of halogens is 1. The minimum Gasteiger partial charge on any atom is -0.493 e. The van der Waals surface area contributed by atoms with Crippen molar-refractivity contribution in [2.45, 2.75) is 12.3 Å². The van der Waals surface area contributed by atoms with Crippen LogP contribution in [0.5, 0.6) is 17.2 Å². The van der Waals surface area contributed by atoms with Crippen LogP contribution in [-0.2, 0) is 0 Å². The lowest BCUT2D eigenvalue weighted by Crippen LogP contribution is -2.38. The summed E-state index contributed by atoms with van der Waals surface area (Å²) in [5.41, 5.74) is 0.776. The lowest BCUT2D eigenvalue weighted by Gasteiger charge is -2.32. The van der Waals surface area contributed by atoms with Gasteiger partial charge in [-0.3, -0.25) is 0 Å². The van der Waals surface area contributed by atoms with Crippen LogP contribution in [0.3, 0.4) is 0 Å². The smallest absolute Gasteiger partial charge is 0.231 e. The molecular formula is C19H20FNO3. The molecule has 2 aromatic carbocycles. The van der Waals surface area contributed by atoms with E-state index in [1.165, 1.54) is 12.1 Å². The Kier molecular flexibility index (Phi) is 3.39. The highest BCUT2D eigenvalue weighted by Gasteiger charge is 2.27. The van der Waals surface area contributed by atoms with Crippen LogP contribution in [0.25, 0.3) is 0 Å². The van der Waals surface area contributed by atoms with Crippen molar-refractivity contribution in [3.8, 4) is 17.2 Å². The summed E-state index contributed by atoms with van der Waals surface area (Å²) in [6.07, 6.45) is 0.605. The second-order valence-electron chi connectivity index (χ2n) is 5.89. The Morgan fingerprint density at radius 3 is 2.92 bits per heavy atom. The molecule has 2 aromatic rings.